The monoisotopic (exact) mass is 641 g/mol. The number of rotatable bonds is 11. The highest BCUT2D eigenvalue weighted by Gasteiger charge is 2.72. The van der Waals surface area contributed by atoms with Crippen molar-refractivity contribution in [2.24, 2.45) is 11.8 Å². The van der Waals surface area contributed by atoms with Crippen molar-refractivity contribution in [2.75, 3.05) is 51.1 Å². The Hall–Kier alpha value is -3.73. The molecule has 47 heavy (non-hydrogen) atoms. The third kappa shape index (κ3) is 6.43. The highest BCUT2D eigenvalue weighted by atomic mass is 16.5. The van der Waals surface area contributed by atoms with E-state index in [0.29, 0.717) is 18.0 Å². The number of ether oxygens (including phenoxy) is 2. The molecule has 0 unspecified atom stereocenters. The van der Waals surface area contributed by atoms with Crippen LogP contribution in [-0.4, -0.2) is 102 Å². The van der Waals surface area contributed by atoms with E-state index in [1.54, 1.807) is 29.2 Å². The van der Waals surface area contributed by atoms with Gasteiger partial charge >= 0.3 is 0 Å². The number of nitrogens with zero attached hydrogens (tertiary/aromatic N) is 3. The first kappa shape index (κ1) is 31.8. The molecular weight excluding hydrogens is 594 g/mol. The number of hydrogen-bond donors (Lipinski definition) is 2. The van der Waals surface area contributed by atoms with Crippen LogP contribution < -0.4 is 15.4 Å². The Morgan fingerprint density at radius 2 is 1.60 bits per heavy atom. The fourth-order valence-corrected chi connectivity index (χ4v) is 8.29. The molecule has 7 rings (SSSR count). The molecule has 2 N–H and O–H groups in total. The lowest BCUT2D eigenvalue weighted by Crippen LogP contribution is -2.56. The van der Waals surface area contributed by atoms with E-state index < -0.39 is 29.6 Å². The first-order chi connectivity index (χ1) is 22.9. The maximum absolute atomic E-state index is 14.3. The number of anilines is 1. The molecule has 4 heterocycles. The molecule has 2 aromatic rings. The molecule has 3 saturated heterocycles. The van der Waals surface area contributed by atoms with Crippen molar-refractivity contribution >= 4 is 23.4 Å². The Labute approximate surface area is 277 Å². The van der Waals surface area contributed by atoms with Gasteiger partial charge in [-0.1, -0.05) is 56.5 Å². The van der Waals surface area contributed by atoms with E-state index in [9.17, 15) is 14.4 Å². The minimum atomic E-state index is -1.15. The van der Waals surface area contributed by atoms with Crippen LogP contribution >= 0.6 is 0 Å². The summed E-state index contributed by atoms with van der Waals surface area (Å²) in [6.45, 7) is 8.69. The number of carbonyl (C=O) groups excluding carboxylic acids is 3. The molecule has 1 spiro atoms. The number of likely N-dealkylation sites (N-methyl/N-ethyl adjacent to an activating group) is 1. The van der Waals surface area contributed by atoms with Crippen molar-refractivity contribution in [3.63, 3.8) is 0 Å². The summed E-state index contributed by atoms with van der Waals surface area (Å²) in [4.78, 5) is 49.0. The van der Waals surface area contributed by atoms with Crippen molar-refractivity contribution in [2.45, 2.75) is 69.2 Å². The van der Waals surface area contributed by atoms with E-state index in [0.717, 1.165) is 77.1 Å². The number of carbonyl (C=O) groups is 3. The van der Waals surface area contributed by atoms with Crippen molar-refractivity contribution in [1.29, 1.82) is 0 Å². The largest absolute Gasteiger partial charge is 0.457 e. The number of amides is 3. The van der Waals surface area contributed by atoms with Gasteiger partial charge in [-0.25, -0.2) is 0 Å². The van der Waals surface area contributed by atoms with Crippen molar-refractivity contribution < 1.29 is 23.9 Å². The zero-order valence-corrected chi connectivity index (χ0v) is 27.3. The van der Waals surface area contributed by atoms with Gasteiger partial charge in [-0.15, -0.1) is 0 Å². The lowest BCUT2D eigenvalue weighted by Gasteiger charge is -2.36. The average Bonchev–Trinajstić information content (AvgIpc) is 3.74. The summed E-state index contributed by atoms with van der Waals surface area (Å²) in [5.41, 5.74) is -0.545. The first-order valence-electron chi connectivity index (χ1n) is 17.5. The van der Waals surface area contributed by atoms with Crippen LogP contribution in [-0.2, 0) is 19.1 Å². The molecule has 4 fully saturated rings. The van der Waals surface area contributed by atoms with Crippen LogP contribution in [0.3, 0.4) is 0 Å². The number of nitrogens with one attached hydrogen (secondary N) is 2. The number of fused-ring (bicyclic) bond motifs is 1. The maximum atomic E-state index is 14.3. The Bertz CT molecular complexity index is 1450. The van der Waals surface area contributed by atoms with E-state index in [1.807, 2.05) is 42.5 Å². The Balaban J connectivity index is 1.06. The van der Waals surface area contributed by atoms with Crippen LogP contribution in [0.4, 0.5) is 5.69 Å². The number of piperazine rings is 1. The Kier molecular flexibility index (Phi) is 9.34. The standard InChI is InChI=1S/C37H47N5O5/c1-2-40-22-24-41(25-23-40)20-9-21-42-33(35(44)39-26-10-5-3-6-11-26)37-19-18-30(47-37)31(32(37)36(42)45)34(43)38-27-14-16-29(17-15-27)46-28-12-7-4-8-13-28/h4,7-8,12-19,26,30-33H,2-3,5-6,9-11,20-25H2,1H3,(H,38,43)(H,39,44)/t30-,31-,32-,33-,37-/m0/s1. The number of likely N-dealkylation sites (tertiary alicyclic amines) is 1. The van der Waals surface area contributed by atoms with Gasteiger partial charge in [0.05, 0.1) is 17.9 Å². The summed E-state index contributed by atoms with van der Waals surface area (Å²) in [6, 6.07) is 16.0. The molecule has 4 aliphatic heterocycles. The van der Waals surface area contributed by atoms with Crippen LogP contribution in [0.25, 0.3) is 0 Å². The molecule has 0 aromatic heterocycles. The maximum Gasteiger partial charge on any atom is 0.246 e. The quantitative estimate of drug-likeness (QED) is 0.357. The van der Waals surface area contributed by atoms with Crippen LogP contribution in [0.1, 0.15) is 45.4 Å². The van der Waals surface area contributed by atoms with Gasteiger partial charge in [-0.3, -0.25) is 14.4 Å². The van der Waals surface area contributed by atoms with E-state index in [4.69, 9.17) is 9.47 Å². The van der Waals surface area contributed by atoms with Crippen molar-refractivity contribution in [3.05, 3.63) is 66.7 Å². The van der Waals surface area contributed by atoms with E-state index >= 15 is 0 Å². The van der Waals surface area contributed by atoms with Gasteiger partial charge < -0.3 is 34.8 Å². The predicted octanol–water partition coefficient (Wildman–Crippen LogP) is 4.04. The lowest BCUT2D eigenvalue weighted by atomic mass is 9.74. The molecule has 5 atom stereocenters. The fraction of sp³-hybridized carbons (Fsp3) is 0.541. The second-order valence-electron chi connectivity index (χ2n) is 13.6. The zero-order valence-electron chi connectivity index (χ0n) is 27.3. The molecule has 2 aromatic carbocycles. The summed E-state index contributed by atoms with van der Waals surface area (Å²) in [6.07, 6.45) is 9.25. The summed E-state index contributed by atoms with van der Waals surface area (Å²) in [7, 11) is 0. The number of para-hydroxylation sites is 1. The topological polar surface area (TPSA) is 103 Å². The second kappa shape index (κ2) is 13.8. The minimum Gasteiger partial charge on any atom is -0.457 e. The molecule has 1 aliphatic carbocycles. The molecule has 250 valence electrons. The van der Waals surface area contributed by atoms with Crippen LogP contribution in [0.15, 0.2) is 66.7 Å². The first-order valence-corrected chi connectivity index (χ1v) is 17.5. The molecule has 0 radical (unpaired) electrons. The van der Waals surface area contributed by atoms with E-state index in [1.165, 1.54) is 6.42 Å². The molecule has 10 nitrogen and oxygen atoms in total. The van der Waals surface area contributed by atoms with Crippen LogP contribution in [0.5, 0.6) is 11.5 Å². The van der Waals surface area contributed by atoms with Crippen LogP contribution in [0.2, 0.25) is 0 Å². The summed E-state index contributed by atoms with van der Waals surface area (Å²) in [5, 5.41) is 6.30. The van der Waals surface area contributed by atoms with Gasteiger partial charge in [0.2, 0.25) is 17.7 Å². The molecule has 10 heteroatoms. The average molecular weight is 642 g/mol. The highest BCUT2D eigenvalue weighted by Crippen LogP contribution is 2.55. The second-order valence-corrected chi connectivity index (χ2v) is 13.6. The summed E-state index contributed by atoms with van der Waals surface area (Å²) < 4.78 is 12.4. The van der Waals surface area contributed by atoms with Gasteiger partial charge in [0, 0.05) is 44.5 Å². The Morgan fingerprint density at radius 3 is 2.32 bits per heavy atom. The SMILES string of the molecule is CCN1CCN(CCCN2C(=O)[C@@H]3[C@@H](C(=O)Nc4ccc(Oc5ccccc5)cc4)[C@@H]4C=C[C@@]3(O4)[C@@H]2C(=O)NC2CCCCC2)CC1. The molecule has 3 amide bonds. The van der Waals surface area contributed by atoms with Gasteiger partial charge in [0.25, 0.3) is 0 Å². The van der Waals surface area contributed by atoms with E-state index in [-0.39, 0.29) is 23.8 Å². The van der Waals surface area contributed by atoms with Gasteiger partial charge in [0.1, 0.15) is 23.1 Å². The number of hydrogen-bond acceptors (Lipinski definition) is 7. The lowest BCUT2D eigenvalue weighted by molar-refractivity contribution is -0.141. The Morgan fingerprint density at radius 1 is 0.894 bits per heavy atom. The third-order valence-electron chi connectivity index (χ3n) is 10.8. The van der Waals surface area contributed by atoms with Gasteiger partial charge in [0.15, 0.2) is 0 Å². The van der Waals surface area contributed by atoms with Crippen molar-refractivity contribution in [3.8, 4) is 11.5 Å². The molecule has 1 saturated carbocycles. The van der Waals surface area contributed by atoms with E-state index in [2.05, 4.69) is 27.4 Å². The summed E-state index contributed by atoms with van der Waals surface area (Å²) in [5.74, 6) is -0.713. The number of benzene rings is 2. The third-order valence-corrected chi connectivity index (χ3v) is 10.8. The molecule has 5 aliphatic rings. The summed E-state index contributed by atoms with van der Waals surface area (Å²) >= 11 is 0. The normalized spacial score (nSPS) is 29.2. The fourth-order valence-electron chi connectivity index (χ4n) is 8.29. The predicted molar refractivity (Wildman–Crippen MR) is 179 cm³/mol. The van der Waals surface area contributed by atoms with Gasteiger partial charge in [-0.2, -0.15) is 0 Å². The van der Waals surface area contributed by atoms with Crippen molar-refractivity contribution in [1.82, 2.24) is 20.0 Å². The molecular formula is C37H47N5O5. The van der Waals surface area contributed by atoms with Crippen LogP contribution in [0, 0.1) is 11.8 Å². The smallest absolute Gasteiger partial charge is 0.246 e. The van der Waals surface area contributed by atoms with Gasteiger partial charge in [-0.05, 0) is 68.8 Å². The zero-order chi connectivity index (χ0) is 32.4. The minimum absolute atomic E-state index is 0.106. The molecule has 2 bridgehead atoms. The highest BCUT2D eigenvalue weighted by molar-refractivity contribution is 6.02.